The fourth-order valence-corrected chi connectivity index (χ4v) is 4.40. The van der Waals surface area contributed by atoms with Crippen LogP contribution in [0.15, 0.2) is 30.3 Å². The van der Waals surface area contributed by atoms with E-state index in [0.717, 1.165) is 19.0 Å². The largest absolute Gasteiger partial charge is 0.317 e. The second-order valence-corrected chi connectivity index (χ2v) is 11.7. The van der Waals surface area contributed by atoms with Crippen molar-refractivity contribution in [2.24, 2.45) is 5.92 Å². The fraction of sp³-hybridized carbons (Fsp3) is 0.600. The third-order valence-electron chi connectivity index (χ3n) is 2.95. The lowest BCUT2D eigenvalue weighted by molar-refractivity contribution is 0.515. The quantitative estimate of drug-likeness (QED) is 0.725. The van der Waals surface area contributed by atoms with Crippen molar-refractivity contribution in [3.8, 4) is 0 Å². The molecule has 0 amide bonds. The third kappa shape index (κ3) is 6.64. The molecule has 1 nitrogen and oxygen atoms in total. The minimum absolute atomic E-state index is 0.795. The van der Waals surface area contributed by atoms with Gasteiger partial charge in [-0.25, -0.2) is 0 Å². The first-order valence-corrected chi connectivity index (χ1v) is 10.5. The molecule has 1 atom stereocenters. The van der Waals surface area contributed by atoms with Crippen LogP contribution in [0.5, 0.6) is 0 Å². The molecule has 0 aliphatic heterocycles. The Balaban J connectivity index is 2.57. The molecule has 0 heterocycles. The summed E-state index contributed by atoms with van der Waals surface area (Å²) in [6.07, 6.45) is 1.22. The summed E-state index contributed by atoms with van der Waals surface area (Å²) in [6.45, 7) is 11.8. The van der Waals surface area contributed by atoms with Crippen molar-refractivity contribution in [2.45, 2.75) is 39.0 Å². The van der Waals surface area contributed by atoms with Crippen LogP contribution < -0.4 is 5.32 Å². The highest BCUT2D eigenvalue weighted by Crippen LogP contribution is 2.20. The van der Waals surface area contributed by atoms with E-state index in [0.29, 0.717) is 0 Å². The lowest BCUT2D eigenvalue weighted by Gasteiger charge is -2.25. The molecule has 0 fully saturated rings. The number of hydrogen-bond acceptors (Lipinski definition) is 1. The van der Waals surface area contributed by atoms with Crippen LogP contribution in [0.1, 0.15) is 12.5 Å². The molecule has 0 aliphatic rings. The maximum Gasteiger partial charge on any atom is 0.0446 e. The van der Waals surface area contributed by atoms with E-state index in [1.54, 1.807) is 0 Å². The summed E-state index contributed by atoms with van der Waals surface area (Å²) in [4.78, 5) is 0. The molecule has 0 radical (unpaired) electrons. The molecule has 0 bridgehead atoms. The molecule has 0 saturated heterocycles. The molecule has 1 N–H and O–H groups in total. The summed E-state index contributed by atoms with van der Waals surface area (Å²) in [5, 5.41) is 3.51. The number of benzene rings is 1. The molecule has 0 aliphatic carbocycles. The Labute approximate surface area is 108 Å². The summed E-state index contributed by atoms with van der Waals surface area (Å²) < 4.78 is 0. The zero-order valence-corrected chi connectivity index (χ0v) is 12.8. The van der Waals surface area contributed by atoms with Crippen LogP contribution in [0.25, 0.3) is 0 Å². The highest BCUT2D eigenvalue weighted by atomic mass is 28.3. The van der Waals surface area contributed by atoms with Gasteiger partial charge in [-0.15, -0.1) is 0 Å². The Hall–Kier alpha value is -0.603. The van der Waals surface area contributed by atoms with Gasteiger partial charge in [0.25, 0.3) is 0 Å². The molecule has 0 spiro atoms. The van der Waals surface area contributed by atoms with Crippen LogP contribution in [0, 0.1) is 5.92 Å². The van der Waals surface area contributed by atoms with Crippen molar-refractivity contribution >= 4 is 8.07 Å². The van der Waals surface area contributed by atoms with Crippen LogP contribution >= 0.6 is 0 Å². The van der Waals surface area contributed by atoms with Gasteiger partial charge in [0, 0.05) is 8.07 Å². The van der Waals surface area contributed by atoms with Gasteiger partial charge < -0.3 is 5.32 Å². The molecular weight excluding hydrogens is 222 g/mol. The van der Waals surface area contributed by atoms with E-state index >= 15 is 0 Å². The van der Waals surface area contributed by atoms with E-state index in [1.165, 1.54) is 18.0 Å². The summed E-state index contributed by atoms with van der Waals surface area (Å²) >= 11 is 0. The summed E-state index contributed by atoms with van der Waals surface area (Å²) in [7, 11) is -0.964. The topological polar surface area (TPSA) is 12.0 Å². The second kappa shape index (κ2) is 6.97. The Morgan fingerprint density at radius 2 is 1.76 bits per heavy atom. The van der Waals surface area contributed by atoms with Crippen LogP contribution in [-0.4, -0.2) is 21.2 Å². The molecule has 1 rings (SSSR count). The zero-order chi connectivity index (χ0) is 12.7. The molecule has 1 unspecified atom stereocenters. The Morgan fingerprint density at radius 3 is 2.29 bits per heavy atom. The molecule has 96 valence electrons. The first-order chi connectivity index (χ1) is 8.01. The highest BCUT2D eigenvalue weighted by molar-refractivity contribution is 6.76. The predicted octanol–water partition coefficient (Wildman–Crippen LogP) is 3.79. The van der Waals surface area contributed by atoms with Gasteiger partial charge in [0.2, 0.25) is 0 Å². The molecular formula is C15H27NSi. The van der Waals surface area contributed by atoms with Gasteiger partial charge in [0.15, 0.2) is 0 Å². The van der Waals surface area contributed by atoms with Crippen LogP contribution in [0.3, 0.4) is 0 Å². The normalized spacial score (nSPS) is 13.6. The number of hydrogen-bond donors (Lipinski definition) is 1. The van der Waals surface area contributed by atoms with E-state index in [-0.39, 0.29) is 0 Å². The van der Waals surface area contributed by atoms with Crippen molar-refractivity contribution in [2.75, 3.05) is 13.1 Å². The van der Waals surface area contributed by atoms with Crippen molar-refractivity contribution < 1.29 is 0 Å². The lowest BCUT2D eigenvalue weighted by atomic mass is 10.0. The van der Waals surface area contributed by atoms with Crippen molar-refractivity contribution in [1.29, 1.82) is 0 Å². The Bertz CT molecular complexity index is 302. The van der Waals surface area contributed by atoms with Gasteiger partial charge in [0.05, 0.1) is 0 Å². The van der Waals surface area contributed by atoms with Crippen LogP contribution in [0.2, 0.25) is 25.7 Å². The minimum Gasteiger partial charge on any atom is -0.317 e. The van der Waals surface area contributed by atoms with Gasteiger partial charge in [-0.3, -0.25) is 0 Å². The summed E-state index contributed by atoms with van der Waals surface area (Å²) in [5.74, 6) is 0.795. The van der Waals surface area contributed by atoms with Crippen LogP contribution in [0.4, 0.5) is 0 Å². The number of nitrogens with one attached hydrogen (secondary N) is 1. The predicted molar refractivity (Wildman–Crippen MR) is 80.3 cm³/mol. The monoisotopic (exact) mass is 249 g/mol. The summed E-state index contributed by atoms with van der Waals surface area (Å²) in [6, 6.07) is 12.3. The first kappa shape index (κ1) is 14.5. The molecule has 1 aromatic rings. The molecule has 0 aromatic heterocycles. The van der Waals surface area contributed by atoms with Gasteiger partial charge in [-0.05, 0) is 31.0 Å². The van der Waals surface area contributed by atoms with Gasteiger partial charge in [-0.1, -0.05) is 62.9 Å². The fourth-order valence-electron chi connectivity index (χ4n) is 2.38. The maximum absolute atomic E-state index is 3.51. The number of rotatable bonds is 7. The smallest absolute Gasteiger partial charge is 0.0446 e. The van der Waals surface area contributed by atoms with Crippen LogP contribution in [-0.2, 0) is 6.42 Å². The van der Waals surface area contributed by atoms with Crippen molar-refractivity contribution in [3.63, 3.8) is 0 Å². The Kier molecular flexibility index (Phi) is 5.93. The minimum atomic E-state index is -0.964. The third-order valence-corrected chi connectivity index (χ3v) is 4.75. The summed E-state index contributed by atoms with van der Waals surface area (Å²) in [5.41, 5.74) is 1.48. The van der Waals surface area contributed by atoms with E-state index in [4.69, 9.17) is 0 Å². The SMILES string of the molecule is CCNCC(Cc1ccccc1)C[Si](C)(C)C. The second-order valence-electron chi connectivity index (χ2n) is 6.13. The van der Waals surface area contributed by atoms with E-state index in [9.17, 15) is 0 Å². The Morgan fingerprint density at radius 1 is 1.12 bits per heavy atom. The van der Waals surface area contributed by atoms with E-state index in [1.807, 2.05) is 0 Å². The van der Waals surface area contributed by atoms with Gasteiger partial charge in [0.1, 0.15) is 0 Å². The molecule has 2 heteroatoms. The maximum atomic E-state index is 3.51. The highest BCUT2D eigenvalue weighted by Gasteiger charge is 2.20. The van der Waals surface area contributed by atoms with Gasteiger partial charge >= 0.3 is 0 Å². The molecule has 1 aromatic carbocycles. The van der Waals surface area contributed by atoms with E-state index < -0.39 is 8.07 Å². The van der Waals surface area contributed by atoms with Crippen molar-refractivity contribution in [3.05, 3.63) is 35.9 Å². The van der Waals surface area contributed by atoms with E-state index in [2.05, 4.69) is 62.2 Å². The lowest BCUT2D eigenvalue weighted by Crippen LogP contribution is -2.31. The average molecular weight is 249 g/mol. The zero-order valence-electron chi connectivity index (χ0n) is 11.8. The average Bonchev–Trinajstić information content (AvgIpc) is 2.25. The van der Waals surface area contributed by atoms with Gasteiger partial charge in [-0.2, -0.15) is 0 Å². The van der Waals surface area contributed by atoms with Crippen molar-refractivity contribution in [1.82, 2.24) is 5.32 Å². The molecule has 17 heavy (non-hydrogen) atoms. The standard InChI is InChI=1S/C15H27NSi/c1-5-16-12-15(13-17(2,3)4)11-14-9-7-6-8-10-14/h6-10,15-16H,5,11-13H2,1-4H3. The first-order valence-electron chi connectivity index (χ1n) is 6.76. The molecule has 0 saturated carbocycles.